The van der Waals surface area contributed by atoms with Gasteiger partial charge in [-0.2, -0.15) is 13.2 Å². The number of nitrogens with one attached hydrogen (secondary N) is 1. The smallest absolute Gasteiger partial charge is 0.306 e. The number of aryl methyl sites for hydroxylation is 1. The first-order valence-electron chi connectivity index (χ1n) is 6.48. The summed E-state index contributed by atoms with van der Waals surface area (Å²) in [5.41, 5.74) is 0.518. The zero-order chi connectivity index (χ0) is 15.6. The fourth-order valence-corrected chi connectivity index (χ4v) is 3.34. The molecule has 0 aliphatic carbocycles. The molecule has 1 unspecified atom stereocenters. The standard InChI is InChI=1S/C15H15BrF3NS/c1-3-20-14(10-6-9(2)21-8-10)12-5-4-11(16)7-13(12)15(17,18)19/h4-8,14,20H,3H2,1-2H3. The molecule has 0 spiro atoms. The molecule has 0 bridgehead atoms. The largest absolute Gasteiger partial charge is 0.416 e. The van der Waals surface area contributed by atoms with Crippen LogP contribution in [0.5, 0.6) is 0 Å². The molecule has 0 saturated carbocycles. The lowest BCUT2D eigenvalue weighted by Crippen LogP contribution is -2.24. The Balaban J connectivity index is 2.55. The Labute approximate surface area is 134 Å². The molecule has 21 heavy (non-hydrogen) atoms. The monoisotopic (exact) mass is 377 g/mol. The van der Waals surface area contributed by atoms with E-state index in [-0.39, 0.29) is 5.56 Å². The molecule has 0 amide bonds. The maximum Gasteiger partial charge on any atom is 0.416 e. The summed E-state index contributed by atoms with van der Waals surface area (Å²) in [6, 6.07) is 5.80. The predicted octanol–water partition coefficient (Wildman–Crippen LogP) is 5.54. The van der Waals surface area contributed by atoms with Crippen LogP contribution in [-0.2, 0) is 6.18 Å². The van der Waals surface area contributed by atoms with Gasteiger partial charge in [0.15, 0.2) is 0 Å². The SMILES string of the molecule is CCNC(c1csc(C)c1)c1ccc(Br)cc1C(F)(F)F. The summed E-state index contributed by atoms with van der Waals surface area (Å²) in [7, 11) is 0. The first kappa shape index (κ1) is 16.5. The molecule has 0 aliphatic heterocycles. The van der Waals surface area contributed by atoms with Gasteiger partial charge in [-0.05, 0) is 48.2 Å². The van der Waals surface area contributed by atoms with Gasteiger partial charge in [-0.25, -0.2) is 0 Å². The number of alkyl halides is 3. The minimum Gasteiger partial charge on any atom is -0.306 e. The minimum absolute atomic E-state index is 0.255. The molecule has 2 rings (SSSR count). The van der Waals surface area contributed by atoms with Crippen molar-refractivity contribution in [1.29, 1.82) is 0 Å². The molecule has 1 nitrogen and oxygen atoms in total. The molecule has 1 aromatic carbocycles. The van der Waals surface area contributed by atoms with Gasteiger partial charge < -0.3 is 5.32 Å². The molecule has 1 heterocycles. The molecule has 1 N–H and O–H groups in total. The maximum absolute atomic E-state index is 13.3. The number of rotatable bonds is 4. The van der Waals surface area contributed by atoms with Crippen LogP contribution < -0.4 is 5.32 Å². The molecule has 6 heteroatoms. The topological polar surface area (TPSA) is 12.0 Å². The van der Waals surface area contributed by atoms with Crippen molar-refractivity contribution in [1.82, 2.24) is 5.32 Å². The summed E-state index contributed by atoms with van der Waals surface area (Å²) < 4.78 is 40.3. The van der Waals surface area contributed by atoms with Crippen LogP contribution in [0.15, 0.2) is 34.1 Å². The van der Waals surface area contributed by atoms with Crippen LogP contribution in [0, 0.1) is 6.92 Å². The van der Waals surface area contributed by atoms with Crippen molar-refractivity contribution in [2.45, 2.75) is 26.1 Å². The number of benzene rings is 1. The van der Waals surface area contributed by atoms with E-state index in [1.165, 1.54) is 17.4 Å². The molecule has 0 fully saturated rings. The Morgan fingerprint density at radius 3 is 2.52 bits per heavy atom. The molecule has 1 aromatic heterocycles. The van der Waals surface area contributed by atoms with E-state index in [4.69, 9.17) is 0 Å². The number of hydrogen-bond donors (Lipinski definition) is 1. The van der Waals surface area contributed by atoms with Crippen LogP contribution in [0.1, 0.15) is 34.5 Å². The van der Waals surface area contributed by atoms with Crippen molar-refractivity contribution in [2.75, 3.05) is 6.54 Å². The lowest BCUT2D eigenvalue weighted by molar-refractivity contribution is -0.138. The zero-order valence-corrected chi connectivity index (χ0v) is 14.0. The van der Waals surface area contributed by atoms with Crippen molar-refractivity contribution in [2.24, 2.45) is 0 Å². The molecular formula is C15H15BrF3NS. The van der Waals surface area contributed by atoms with Gasteiger partial charge in [-0.3, -0.25) is 0 Å². The third-order valence-electron chi connectivity index (χ3n) is 3.12. The normalized spacial score (nSPS) is 13.4. The Bertz CT molecular complexity index is 622. The second-order valence-electron chi connectivity index (χ2n) is 4.71. The predicted molar refractivity (Wildman–Crippen MR) is 83.7 cm³/mol. The van der Waals surface area contributed by atoms with Crippen molar-refractivity contribution < 1.29 is 13.2 Å². The van der Waals surface area contributed by atoms with Crippen LogP contribution in [0.25, 0.3) is 0 Å². The van der Waals surface area contributed by atoms with Crippen LogP contribution in [-0.4, -0.2) is 6.54 Å². The third-order valence-corrected chi connectivity index (χ3v) is 4.50. The zero-order valence-electron chi connectivity index (χ0n) is 11.6. The van der Waals surface area contributed by atoms with Crippen LogP contribution >= 0.6 is 27.3 Å². The van der Waals surface area contributed by atoms with Crippen molar-refractivity contribution >= 4 is 27.3 Å². The van der Waals surface area contributed by atoms with Gasteiger partial charge in [-0.1, -0.05) is 28.9 Å². The number of hydrogen-bond acceptors (Lipinski definition) is 2. The fourth-order valence-electron chi connectivity index (χ4n) is 2.25. The van der Waals surface area contributed by atoms with E-state index in [2.05, 4.69) is 21.2 Å². The van der Waals surface area contributed by atoms with E-state index in [0.717, 1.165) is 16.5 Å². The van der Waals surface area contributed by atoms with Crippen LogP contribution in [0.4, 0.5) is 13.2 Å². The maximum atomic E-state index is 13.3. The van der Waals surface area contributed by atoms with Gasteiger partial charge >= 0.3 is 6.18 Å². The molecule has 114 valence electrons. The Kier molecular flexibility index (Phi) is 5.11. The molecule has 0 radical (unpaired) electrons. The van der Waals surface area contributed by atoms with E-state index < -0.39 is 17.8 Å². The van der Waals surface area contributed by atoms with Gasteiger partial charge in [0.2, 0.25) is 0 Å². The van der Waals surface area contributed by atoms with Gasteiger partial charge in [0.1, 0.15) is 0 Å². The highest BCUT2D eigenvalue weighted by Crippen LogP contribution is 2.38. The molecular weight excluding hydrogens is 363 g/mol. The van der Waals surface area contributed by atoms with Gasteiger partial charge in [0, 0.05) is 9.35 Å². The van der Waals surface area contributed by atoms with Crippen LogP contribution in [0.2, 0.25) is 0 Å². The second-order valence-corrected chi connectivity index (χ2v) is 6.74. The van der Waals surface area contributed by atoms with Gasteiger partial charge in [0.25, 0.3) is 0 Å². The number of halogens is 4. The summed E-state index contributed by atoms with van der Waals surface area (Å²) in [6.07, 6.45) is -4.38. The van der Waals surface area contributed by atoms with E-state index >= 15 is 0 Å². The van der Waals surface area contributed by atoms with Crippen molar-refractivity contribution in [3.63, 3.8) is 0 Å². The second kappa shape index (κ2) is 6.50. The summed E-state index contributed by atoms with van der Waals surface area (Å²) in [5.74, 6) is 0. The van der Waals surface area contributed by atoms with Crippen LogP contribution in [0.3, 0.4) is 0 Å². The highest BCUT2D eigenvalue weighted by Gasteiger charge is 2.35. The summed E-state index contributed by atoms with van der Waals surface area (Å²) in [5, 5.41) is 5.06. The molecule has 2 aromatic rings. The minimum atomic E-state index is -4.38. The first-order chi connectivity index (χ1) is 9.82. The van der Waals surface area contributed by atoms with E-state index in [1.807, 2.05) is 25.3 Å². The molecule has 1 atom stereocenters. The van der Waals surface area contributed by atoms with Gasteiger partial charge in [-0.15, -0.1) is 11.3 Å². The van der Waals surface area contributed by atoms with Gasteiger partial charge in [0.05, 0.1) is 11.6 Å². The van der Waals surface area contributed by atoms with E-state index in [9.17, 15) is 13.2 Å². The first-order valence-corrected chi connectivity index (χ1v) is 8.15. The van der Waals surface area contributed by atoms with E-state index in [0.29, 0.717) is 11.0 Å². The average molecular weight is 378 g/mol. The average Bonchev–Trinajstić information content (AvgIpc) is 2.82. The van der Waals surface area contributed by atoms with Crippen molar-refractivity contribution in [3.8, 4) is 0 Å². The highest BCUT2D eigenvalue weighted by atomic mass is 79.9. The molecule has 0 saturated heterocycles. The van der Waals surface area contributed by atoms with Crippen molar-refractivity contribution in [3.05, 3.63) is 55.7 Å². The third kappa shape index (κ3) is 3.87. The Hall–Kier alpha value is -0.850. The Morgan fingerprint density at radius 2 is 2.00 bits per heavy atom. The summed E-state index contributed by atoms with van der Waals surface area (Å²) >= 11 is 4.66. The Morgan fingerprint density at radius 1 is 1.29 bits per heavy atom. The summed E-state index contributed by atoms with van der Waals surface area (Å²) in [4.78, 5) is 1.08. The van der Waals surface area contributed by atoms with E-state index in [1.54, 1.807) is 6.07 Å². The summed E-state index contributed by atoms with van der Waals surface area (Å²) in [6.45, 7) is 4.43. The highest BCUT2D eigenvalue weighted by molar-refractivity contribution is 9.10. The number of thiophene rings is 1. The quantitative estimate of drug-likeness (QED) is 0.737. The molecule has 0 aliphatic rings. The lowest BCUT2D eigenvalue weighted by Gasteiger charge is -2.22. The fraction of sp³-hybridized carbons (Fsp3) is 0.333. The lowest BCUT2D eigenvalue weighted by atomic mass is 9.95.